The van der Waals surface area contributed by atoms with Crippen LogP contribution in [0.3, 0.4) is 0 Å². The van der Waals surface area contributed by atoms with Gasteiger partial charge in [-0.25, -0.2) is 4.79 Å². The van der Waals surface area contributed by atoms with E-state index in [4.69, 9.17) is 5.11 Å². The number of halogens is 2. The van der Waals surface area contributed by atoms with E-state index in [0.29, 0.717) is 15.7 Å². The minimum atomic E-state index is -0.978. The molecule has 0 fully saturated rings. The fourth-order valence-corrected chi connectivity index (χ4v) is 2.78. The number of hydrogen-bond acceptors (Lipinski definition) is 3. The molecule has 0 radical (unpaired) electrons. The van der Waals surface area contributed by atoms with E-state index in [1.54, 1.807) is 24.3 Å². The Balaban J connectivity index is 2.27. The average Bonchev–Trinajstić information content (AvgIpc) is 2.41. The molecule has 0 amide bonds. The van der Waals surface area contributed by atoms with Gasteiger partial charge in [-0.2, -0.15) is 0 Å². The lowest BCUT2D eigenvalue weighted by Crippen LogP contribution is -1.94. The largest absolute Gasteiger partial charge is 0.506 e. The minimum absolute atomic E-state index is 0.0964. The highest BCUT2D eigenvalue weighted by atomic mass is 79.9. The quantitative estimate of drug-likeness (QED) is 0.754. The molecule has 2 N–H and O–H groups in total. The summed E-state index contributed by atoms with van der Waals surface area (Å²) in [6, 6.07) is 9.62. The number of carboxylic acids is 1. The van der Waals surface area contributed by atoms with Crippen molar-refractivity contribution in [1.29, 1.82) is 0 Å². The first-order valence-electron chi connectivity index (χ1n) is 5.53. The second-order valence-electron chi connectivity index (χ2n) is 3.94. The van der Waals surface area contributed by atoms with Gasteiger partial charge in [0.1, 0.15) is 5.75 Å². The Kier molecular flexibility index (Phi) is 4.57. The van der Waals surface area contributed by atoms with Crippen LogP contribution < -0.4 is 0 Å². The van der Waals surface area contributed by atoms with Crippen molar-refractivity contribution in [3.63, 3.8) is 0 Å². The van der Waals surface area contributed by atoms with Crippen molar-refractivity contribution >= 4 is 49.7 Å². The van der Waals surface area contributed by atoms with Crippen molar-refractivity contribution in [3.8, 4) is 5.75 Å². The van der Waals surface area contributed by atoms with Gasteiger partial charge in [-0.15, -0.1) is 0 Å². The number of phenols is 1. The van der Waals surface area contributed by atoms with Gasteiger partial charge < -0.3 is 10.2 Å². The van der Waals surface area contributed by atoms with E-state index in [2.05, 4.69) is 36.9 Å². The van der Waals surface area contributed by atoms with E-state index in [0.717, 1.165) is 4.47 Å². The van der Waals surface area contributed by atoms with E-state index in [1.165, 1.54) is 18.3 Å². The standard InChI is InChI=1S/C14H9Br2NO3/c15-10-5-9(13(18)12(16)6-10)7-17-11-3-1-8(2-4-11)14(19)20/h1-7,18H,(H,19,20). The summed E-state index contributed by atoms with van der Waals surface area (Å²) in [7, 11) is 0. The maximum atomic E-state index is 10.7. The molecule has 2 rings (SSSR count). The number of phenolic OH excluding ortho intramolecular Hbond substituents is 1. The molecule has 6 heteroatoms. The summed E-state index contributed by atoms with van der Waals surface area (Å²) in [6.07, 6.45) is 1.51. The third kappa shape index (κ3) is 3.46. The number of nitrogens with zero attached hydrogens (tertiary/aromatic N) is 1. The predicted octanol–water partition coefficient (Wildman–Crippen LogP) is 4.37. The molecule has 0 bridgehead atoms. The molecule has 0 heterocycles. The zero-order valence-corrected chi connectivity index (χ0v) is 13.2. The topological polar surface area (TPSA) is 69.9 Å². The van der Waals surface area contributed by atoms with E-state index < -0.39 is 5.97 Å². The van der Waals surface area contributed by atoms with E-state index in [-0.39, 0.29) is 11.3 Å². The number of benzene rings is 2. The van der Waals surface area contributed by atoms with Gasteiger partial charge in [0.15, 0.2) is 0 Å². The zero-order chi connectivity index (χ0) is 14.7. The highest BCUT2D eigenvalue weighted by Crippen LogP contribution is 2.31. The Bertz CT molecular complexity index is 682. The third-order valence-corrected chi connectivity index (χ3v) is 3.59. The molecule has 0 spiro atoms. The van der Waals surface area contributed by atoms with Crippen molar-refractivity contribution in [3.05, 3.63) is 56.5 Å². The van der Waals surface area contributed by atoms with Crippen molar-refractivity contribution < 1.29 is 15.0 Å². The van der Waals surface area contributed by atoms with Gasteiger partial charge in [0, 0.05) is 16.3 Å². The Morgan fingerprint density at radius 1 is 1.15 bits per heavy atom. The maximum Gasteiger partial charge on any atom is 0.335 e. The molecule has 0 aliphatic carbocycles. The van der Waals surface area contributed by atoms with Gasteiger partial charge in [-0.05, 0) is 52.3 Å². The summed E-state index contributed by atoms with van der Waals surface area (Å²) in [5, 5.41) is 18.7. The molecule has 0 saturated carbocycles. The Morgan fingerprint density at radius 3 is 2.40 bits per heavy atom. The normalized spacial score (nSPS) is 10.9. The summed E-state index contributed by atoms with van der Waals surface area (Å²) >= 11 is 6.57. The second-order valence-corrected chi connectivity index (χ2v) is 5.71. The van der Waals surface area contributed by atoms with Crippen LogP contribution in [0.4, 0.5) is 5.69 Å². The van der Waals surface area contributed by atoms with Crippen LogP contribution in [0.2, 0.25) is 0 Å². The smallest absolute Gasteiger partial charge is 0.335 e. The van der Waals surface area contributed by atoms with E-state index >= 15 is 0 Å². The van der Waals surface area contributed by atoms with Crippen LogP contribution in [0.1, 0.15) is 15.9 Å². The predicted molar refractivity (Wildman–Crippen MR) is 84.2 cm³/mol. The first-order chi connectivity index (χ1) is 9.47. The molecule has 4 nitrogen and oxygen atoms in total. The van der Waals surface area contributed by atoms with Crippen molar-refractivity contribution in [1.82, 2.24) is 0 Å². The lowest BCUT2D eigenvalue weighted by atomic mass is 10.2. The van der Waals surface area contributed by atoms with Crippen LogP contribution in [-0.4, -0.2) is 22.4 Å². The van der Waals surface area contributed by atoms with Gasteiger partial charge in [-0.3, -0.25) is 4.99 Å². The lowest BCUT2D eigenvalue weighted by molar-refractivity contribution is 0.0697. The van der Waals surface area contributed by atoms with Gasteiger partial charge >= 0.3 is 5.97 Å². The van der Waals surface area contributed by atoms with Crippen LogP contribution >= 0.6 is 31.9 Å². The van der Waals surface area contributed by atoms with Crippen LogP contribution in [0.5, 0.6) is 5.75 Å². The molecule has 102 valence electrons. The van der Waals surface area contributed by atoms with Crippen molar-refractivity contribution in [2.45, 2.75) is 0 Å². The van der Waals surface area contributed by atoms with Crippen molar-refractivity contribution in [2.24, 2.45) is 4.99 Å². The molecular formula is C14H9Br2NO3. The molecule has 0 aliphatic rings. The van der Waals surface area contributed by atoms with Crippen LogP contribution in [0.25, 0.3) is 0 Å². The second kappa shape index (κ2) is 6.19. The molecule has 2 aromatic rings. The number of aliphatic imine (C=N–C) groups is 1. The SMILES string of the molecule is O=C(O)c1ccc(N=Cc2cc(Br)cc(Br)c2O)cc1. The summed E-state index contributed by atoms with van der Waals surface area (Å²) in [6.45, 7) is 0. The van der Waals surface area contributed by atoms with E-state index in [1.807, 2.05) is 0 Å². The number of rotatable bonds is 3. The summed E-state index contributed by atoms with van der Waals surface area (Å²) in [5.74, 6) is -0.881. The van der Waals surface area contributed by atoms with Crippen LogP contribution in [-0.2, 0) is 0 Å². The third-order valence-electron chi connectivity index (χ3n) is 2.52. The Labute approximate surface area is 132 Å². The monoisotopic (exact) mass is 397 g/mol. The molecule has 0 aromatic heterocycles. The van der Waals surface area contributed by atoms with Crippen LogP contribution in [0, 0.1) is 0 Å². The Hall–Kier alpha value is -1.66. The molecule has 0 aliphatic heterocycles. The first-order valence-corrected chi connectivity index (χ1v) is 7.11. The minimum Gasteiger partial charge on any atom is -0.506 e. The number of carboxylic acid groups (broad SMARTS) is 1. The summed E-state index contributed by atoms with van der Waals surface area (Å²) in [5.41, 5.74) is 1.36. The number of carbonyl (C=O) groups is 1. The van der Waals surface area contributed by atoms with Gasteiger partial charge in [0.25, 0.3) is 0 Å². The van der Waals surface area contributed by atoms with Gasteiger partial charge in [0.05, 0.1) is 15.7 Å². The molecule has 0 unspecified atom stereocenters. The number of hydrogen-bond donors (Lipinski definition) is 2. The van der Waals surface area contributed by atoms with E-state index in [9.17, 15) is 9.90 Å². The highest BCUT2D eigenvalue weighted by Gasteiger charge is 2.05. The molecule has 20 heavy (non-hydrogen) atoms. The first kappa shape index (κ1) is 14.7. The fraction of sp³-hybridized carbons (Fsp3) is 0. The maximum absolute atomic E-state index is 10.7. The fourth-order valence-electron chi connectivity index (χ4n) is 1.52. The molecule has 0 atom stereocenters. The molecular weight excluding hydrogens is 390 g/mol. The lowest BCUT2D eigenvalue weighted by Gasteiger charge is -2.02. The molecule has 2 aromatic carbocycles. The number of aromatic carboxylic acids is 1. The van der Waals surface area contributed by atoms with Gasteiger partial charge in [-0.1, -0.05) is 15.9 Å². The highest BCUT2D eigenvalue weighted by molar-refractivity contribution is 9.11. The van der Waals surface area contributed by atoms with Gasteiger partial charge in [0.2, 0.25) is 0 Å². The Morgan fingerprint density at radius 2 is 1.80 bits per heavy atom. The molecule has 0 saturated heterocycles. The van der Waals surface area contributed by atoms with Crippen molar-refractivity contribution in [2.75, 3.05) is 0 Å². The average molecular weight is 399 g/mol. The summed E-state index contributed by atoms with van der Waals surface area (Å²) < 4.78 is 1.37. The van der Waals surface area contributed by atoms with Crippen LogP contribution in [0.15, 0.2) is 50.3 Å². The number of aromatic hydroxyl groups is 1. The summed E-state index contributed by atoms with van der Waals surface area (Å²) in [4.78, 5) is 14.9. The zero-order valence-electron chi connectivity index (χ0n) is 10.0.